The van der Waals surface area contributed by atoms with Gasteiger partial charge >= 0.3 is 6.18 Å². The Bertz CT molecular complexity index is 512. The first-order valence-electron chi connectivity index (χ1n) is 6.71. The quantitative estimate of drug-likeness (QED) is 0.516. The second-order valence-electron chi connectivity index (χ2n) is 4.92. The van der Waals surface area contributed by atoms with E-state index in [9.17, 15) is 13.2 Å². The molecule has 0 unspecified atom stereocenters. The zero-order valence-corrected chi connectivity index (χ0v) is 11.7. The Labute approximate surface area is 121 Å². The molecule has 0 atom stereocenters. The third-order valence-electron chi connectivity index (χ3n) is 3.27. The number of halogens is 3. The molecule has 0 aliphatic heterocycles. The first-order valence-corrected chi connectivity index (χ1v) is 6.71. The van der Waals surface area contributed by atoms with E-state index in [-0.39, 0.29) is 18.9 Å². The molecule has 0 bridgehead atoms. The number of hydrogen-bond acceptors (Lipinski definition) is 2. The monoisotopic (exact) mass is 301 g/mol. The highest BCUT2D eigenvalue weighted by atomic mass is 19.4. The molecular weight excluding hydrogens is 283 g/mol. The van der Waals surface area contributed by atoms with Crippen molar-refractivity contribution in [3.05, 3.63) is 29.8 Å². The topological polar surface area (TPSA) is 50.8 Å². The summed E-state index contributed by atoms with van der Waals surface area (Å²) in [6.45, 7) is 0.265. The van der Waals surface area contributed by atoms with Crippen LogP contribution in [0.4, 0.5) is 13.2 Å². The van der Waals surface area contributed by atoms with Gasteiger partial charge < -0.3 is 15.4 Å². The summed E-state index contributed by atoms with van der Waals surface area (Å²) in [5.41, 5.74) is 5.00. The van der Waals surface area contributed by atoms with Gasteiger partial charge in [0.2, 0.25) is 0 Å². The Morgan fingerprint density at radius 3 is 2.67 bits per heavy atom. The van der Waals surface area contributed by atoms with Crippen LogP contribution in [-0.2, 0) is 6.18 Å². The molecule has 1 aliphatic rings. The lowest BCUT2D eigenvalue weighted by Crippen LogP contribution is -2.36. The van der Waals surface area contributed by atoms with E-state index < -0.39 is 11.7 Å². The minimum absolute atomic E-state index is 0.0479. The first-order chi connectivity index (χ1) is 9.89. The normalized spacial score (nSPS) is 15.9. The highest BCUT2D eigenvalue weighted by molar-refractivity contribution is 5.78. The lowest BCUT2D eigenvalue weighted by atomic mass is 10.2. The third-order valence-corrected chi connectivity index (χ3v) is 3.27. The van der Waals surface area contributed by atoms with E-state index in [4.69, 9.17) is 10.5 Å². The van der Waals surface area contributed by atoms with Gasteiger partial charge in [-0.1, -0.05) is 12.1 Å². The smallest absolute Gasteiger partial charge is 0.419 e. The molecule has 0 saturated heterocycles. The Kier molecular flexibility index (Phi) is 4.59. The van der Waals surface area contributed by atoms with Crippen molar-refractivity contribution >= 4 is 5.96 Å². The summed E-state index contributed by atoms with van der Waals surface area (Å²) in [7, 11) is 1.86. The molecule has 116 valence electrons. The molecule has 2 N–H and O–H groups in total. The van der Waals surface area contributed by atoms with E-state index in [0.29, 0.717) is 12.0 Å². The molecule has 4 nitrogen and oxygen atoms in total. The lowest BCUT2D eigenvalue weighted by molar-refractivity contribution is -0.138. The van der Waals surface area contributed by atoms with E-state index in [1.54, 1.807) is 0 Å². The lowest BCUT2D eigenvalue weighted by Gasteiger charge is -2.17. The maximum atomic E-state index is 12.8. The van der Waals surface area contributed by atoms with Crippen LogP contribution in [0.5, 0.6) is 5.75 Å². The molecule has 21 heavy (non-hydrogen) atoms. The number of alkyl halides is 3. The number of guanidine groups is 1. The molecule has 0 spiro atoms. The zero-order valence-electron chi connectivity index (χ0n) is 11.7. The van der Waals surface area contributed by atoms with Crippen molar-refractivity contribution < 1.29 is 17.9 Å². The van der Waals surface area contributed by atoms with Gasteiger partial charge in [0.15, 0.2) is 5.96 Å². The van der Waals surface area contributed by atoms with E-state index >= 15 is 0 Å². The van der Waals surface area contributed by atoms with Gasteiger partial charge in [0, 0.05) is 13.1 Å². The van der Waals surface area contributed by atoms with Gasteiger partial charge in [0.1, 0.15) is 12.4 Å². The summed E-state index contributed by atoms with van der Waals surface area (Å²) in [4.78, 5) is 5.98. The molecule has 0 amide bonds. The molecule has 0 aromatic heterocycles. The van der Waals surface area contributed by atoms with Crippen molar-refractivity contribution in [3.8, 4) is 5.75 Å². The average Bonchev–Trinajstić information content (AvgIpc) is 3.26. The molecule has 1 aromatic rings. The summed E-state index contributed by atoms with van der Waals surface area (Å²) in [6.07, 6.45) is -2.23. The number of nitrogens with zero attached hydrogens (tertiary/aromatic N) is 2. The number of aliphatic imine (C=N–C) groups is 1. The summed E-state index contributed by atoms with van der Waals surface area (Å²) >= 11 is 0. The summed E-state index contributed by atoms with van der Waals surface area (Å²) in [5, 5.41) is 0. The van der Waals surface area contributed by atoms with E-state index in [2.05, 4.69) is 4.99 Å². The van der Waals surface area contributed by atoms with Crippen LogP contribution in [0.25, 0.3) is 0 Å². The fourth-order valence-electron chi connectivity index (χ4n) is 1.90. The van der Waals surface area contributed by atoms with Gasteiger partial charge in [0.25, 0.3) is 0 Å². The second kappa shape index (κ2) is 6.24. The number of nitrogens with two attached hydrogens (primary N) is 1. The first kappa shape index (κ1) is 15.5. The van der Waals surface area contributed by atoms with Crippen LogP contribution in [-0.4, -0.2) is 37.1 Å². The van der Waals surface area contributed by atoms with Crippen LogP contribution in [0.3, 0.4) is 0 Å². The molecule has 1 aromatic carbocycles. The van der Waals surface area contributed by atoms with Crippen LogP contribution in [0.1, 0.15) is 18.4 Å². The van der Waals surface area contributed by atoms with Gasteiger partial charge in [0.05, 0.1) is 12.1 Å². The Morgan fingerprint density at radius 2 is 2.05 bits per heavy atom. The highest BCUT2D eigenvalue weighted by Gasteiger charge is 2.34. The Balaban J connectivity index is 1.87. The fraction of sp³-hybridized carbons (Fsp3) is 0.500. The van der Waals surface area contributed by atoms with Gasteiger partial charge in [-0.25, -0.2) is 4.99 Å². The zero-order chi connectivity index (χ0) is 15.5. The molecular formula is C14H18F3N3O. The molecule has 1 aliphatic carbocycles. The predicted molar refractivity (Wildman–Crippen MR) is 74.2 cm³/mol. The van der Waals surface area contributed by atoms with Crippen molar-refractivity contribution in [3.63, 3.8) is 0 Å². The van der Waals surface area contributed by atoms with Gasteiger partial charge in [-0.3, -0.25) is 0 Å². The number of para-hydroxylation sites is 1. The van der Waals surface area contributed by atoms with Crippen LogP contribution in [0.2, 0.25) is 0 Å². The van der Waals surface area contributed by atoms with Crippen molar-refractivity contribution in [2.24, 2.45) is 10.7 Å². The predicted octanol–water partition coefficient (Wildman–Crippen LogP) is 2.49. The molecule has 7 heteroatoms. The van der Waals surface area contributed by atoms with Crippen LogP contribution < -0.4 is 10.5 Å². The summed E-state index contributed by atoms with van der Waals surface area (Å²) in [5.74, 6) is 0.208. The minimum atomic E-state index is -4.43. The molecule has 0 radical (unpaired) electrons. The minimum Gasteiger partial charge on any atom is -0.491 e. The maximum absolute atomic E-state index is 12.8. The van der Waals surface area contributed by atoms with Crippen molar-refractivity contribution in [1.29, 1.82) is 0 Å². The average molecular weight is 301 g/mol. The maximum Gasteiger partial charge on any atom is 0.419 e. The number of rotatable bonds is 5. The van der Waals surface area contributed by atoms with Gasteiger partial charge in [-0.2, -0.15) is 13.2 Å². The van der Waals surface area contributed by atoms with E-state index in [0.717, 1.165) is 18.9 Å². The number of ether oxygens (including phenoxy) is 1. The van der Waals surface area contributed by atoms with Crippen molar-refractivity contribution in [2.75, 3.05) is 20.2 Å². The molecule has 1 fully saturated rings. The Hall–Kier alpha value is -1.92. The SMILES string of the molecule is CN(C(N)=NCCOc1ccccc1C(F)(F)F)C1CC1. The van der Waals surface area contributed by atoms with Crippen LogP contribution in [0.15, 0.2) is 29.3 Å². The van der Waals surface area contributed by atoms with Crippen LogP contribution in [0, 0.1) is 0 Å². The number of benzene rings is 1. The fourth-order valence-corrected chi connectivity index (χ4v) is 1.90. The second-order valence-corrected chi connectivity index (χ2v) is 4.92. The van der Waals surface area contributed by atoms with Crippen molar-refractivity contribution in [1.82, 2.24) is 4.90 Å². The van der Waals surface area contributed by atoms with E-state index in [1.807, 2.05) is 11.9 Å². The van der Waals surface area contributed by atoms with Gasteiger partial charge in [-0.05, 0) is 25.0 Å². The standard InChI is InChI=1S/C14H18F3N3O/c1-20(10-6-7-10)13(18)19-8-9-21-12-5-3-2-4-11(12)14(15,16)17/h2-5,10H,6-9H2,1H3,(H2,18,19). The summed E-state index contributed by atoms with van der Waals surface area (Å²) < 4.78 is 43.4. The largest absolute Gasteiger partial charge is 0.491 e. The third kappa shape index (κ3) is 4.27. The van der Waals surface area contributed by atoms with Crippen LogP contribution >= 0.6 is 0 Å². The molecule has 1 saturated carbocycles. The number of hydrogen-bond donors (Lipinski definition) is 1. The highest BCUT2D eigenvalue weighted by Crippen LogP contribution is 2.35. The Morgan fingerprint density at radius 1 is 1.38 bits per heavy atom. The van der Waals surface area contributed by atoms with Crippen molar-refractivity contribution in [2.45, 2.75) is 25.1 Å². The van der Waals surface area contributed by atoms with Gasteiger partial charge in [-0.15, -0.1) is 0 Å². The molecule has 0 heterocycles. The molecule has 2 rings (SSSR count). The summed E-state index contributed by atoms with van der Waals surface area (Å²) in [6, 6.07) is 5.57. The van der Waals surface area contributed by atoms with E-state index in [1.165, 1.54) is 18.2 Å².